The summed E-state index contributed by atoms with van der Waals surface area (Å²) in [5, 5.41) is 0. The van der Waals surface area contributed by atoms with Gasteiger partial charge in [0.1, 0.15) is 6.10 Å². The van der Waals surface area contributed by atoms with Crippen molar-refractivity contribution >= 4 is 5.97 Å². The molecule has 0 N–H and O–H groups in total. The number of nitrogens with zero attached hydrogens (tertiary/aromatic N) is 1. The second kappa shape index (κ2) is 6.50. The van der Waals surface area contributed by atoms with E-state index in [2.05, 4.69) is 4.98 Å². The molecule has 0 aliphatic carbocycles. The van der Waals surface area contributed by atoms with E-state index in [0.717, 1.165) is 25.0 Å². The van der Waals surface area contributed by atoms with Crippen molar-refractivity contribution in [2.45, 2.75) is 44.8 Å². The molecule has 1 aromatic heterocycles. The van der Waals surface area contributed by atoms with Crippen LogP contribution in [0, 0.1) is 0 Å². The molecule has 1 aliphatic heterocycles. The molecule has 1 aliphatic rings. The Kier molecular flexibility index (Phi) is 4.70. The van der Waals surface area contributed by atoms with Crippen molar-refractivity contribution < 1.29 is 14.3 Å². The third-order valence-corrected chi connectivity index (χ3v) is 3.00. The molecule has 2 heterocycles. The third-order valence-electron chi connectivity index (χ3n) is 3.00. The van der Waals surface area contributed by atoms with Gasteiger partial charge in [0.25, 0.3) is 0 Å². The SMILES string of the molecule is C[C@H](Cc1cccnc1)OC(=O)C[C@H]1CCCO1. The lowest BCUT2D eigenvalue weighted by atomic mass is 10.1. The first-order valence-corrected chi connectivity index (χ1v) is 6.44. The number of rotatable bonds is 5. The topological polar surface area (TPSA) is 48.4 Å². The zero-order valence-electron chi connectivity index (χ0n) is 10.7. The molecule has 1 fully saturated rings. The number of ether oxygens (including phenoxy) is 2. The van der Waals surface area contributed by atoms with Crippen LogP contribution in [-0.2, 0) is 20.7 Å². The number of hydrogen-bond acceptors (Lipinski definition) is 4. The minimum Gasteiger partial charge on any atom is -0.462 e. The number of carbonyl (C=O) groups excluding carboxylic acids is 1. The Morgan fingerprint density at radius 1 is 1.67 bits per heavy atom. The molecule has 4 nitrogen and oxygen atoms in total. The lowest BCUT2D eigenvalue weighted by molar-refractivity contribution is -0.150. The van der Waals surface area contributed by atoms with Gasteiger partial charge in [-0.25, -0.2) is 0 Å². The van der Waals surface area contributed by atoms with Gasteiger partial charge in [-0.2, -0.15) is 0 Å². The van der Waals surface area contributed by atoms with E-state index in [-0.39, 0.29) is 18.2 Å². The van der Waals surface area contributed by atoms with Crippen molar-refractivity contribution in [3.63, 3.8) is 0 Å². The fourth-order valence-electron chi connectivity index (χ4n) is 2.16. The summed E-state index contributed by atoms with van der Waals surface area (Å²) in [5.41, 5.74) is 1.08. The van der Waals surface area contributed by atoms with Crippen LogP contribution in [0.1, 0.15) is 31.7 Å². The number of carbonyl (C=O) groups is 1. The molecule has 4 heteroatoms. The lowest BCUT2D eigenvalue weighted by Gasteiger charge is -2.15. The number of hydrogen-bond donors (Lipinski definition) is 0. The summed E-state index contributed by atoms with van der Waals surface area (Å²) in [6.07, 6.45) is 6.55. The van der Waals surface area contributed by atoms with Gasteiger partial charge in [0, 0.05) is 25.4 Å². The Morgan fingerprint density at radius 2 is 2.56 bits per heavy atom. The van der Waals surface area contributed by atoms with Crippen LogP contribution in [0.3, 0.4) is 0 Å². The summed E-state index contributed by atoms with van der Waals surface area (Å²) in [6.45, 7) is 2.67. The predicted molar refractivity (Wildman–Crippen MR) is 67.1 cm³/mol. The summed E-state index contributed by atoms with van der Waals surface area (Å²) in [7, 11) is 0. The average molecular weight is 249 g/mol. The molecule has 2 rings (SSSR count). The first-order valence-electron chi connectivity index (χ1n) is 6.44. The Hall–Kier alpha value is -1.42. The summed E-state index contributed by atoms with van der Waals surface area (Å²) in [6, 6.07) is 3.87. The van der Waals surface area contributed by atoms with E-state index in [1.165, 1.54) is 0 Å². The molecule has 0 radical (unpaired) electrons. The van der Waals surface area contributed by atoms with E-state index in [4.69, 9.17) is 9.47 Å². The van der Waals surface area contributed by atoms with Crippen LogP contribution >= 0.6 is 0 Å². The zero-order valence-corrected chi connectivity index (χ0v) is 10.7. The molecule has 0 aromatic carbocycles. The normalized spacial score (nSPS) is 20.6. The Labute approximate surface area is 107 Å². The van der Waals surface area contributed by atoms with Crippen molar-refractivity contribution in [1.82, 2.24) is 4.98 Å². The Balaban J connectivity index is 1.73. The van der Waals surface area contributed by atoms with Gasteiger partial charge >= 0.3 is 5.97 Å². The minimum atomic E-state index is -0.168. The monoisotopic (exact) mass is 249 g/mol. The molecule has 1 saturated heterocycles. The van der Waals surface area contributed by atoms with E-state index in [0.29, 0.717) is 12.8 Å². The number of pyridine rings is 1. The van der Waals surface area contributed by atoms with Crippen LogP contribution in [0.4, 0.5) is 0 Å². The maximum Gasteiger partial charge on any atom is 0.308 e. The predicted octanol–water partition coefficient (Wildman–Crippen LogP) is 2.12. The highest BCUT2D eigenvalue weighted by Crippen LogP contribution is 2.16. The van der Waals surface area contributed by atoms with Gasteiger partial charge in [0.15, 0.2) is 0 Å². The summed E-state index contributed by atoms with van der Waals surface area (Å²) in [4.78, 5) is 15.7. The van der Waals surface area contributed by atoms with E-state index < -0.39 is 0 Å². The smallest absolute Gasteiger partial charge is 0.308 e. The van der Waals surface area contributed by atoms with Gasteiger partial charge in [-0.3, -0.25) is 9.78 Å². The second-order valence-electron chi connectivity index (χ2n) is 4.71. The maximum absolute atomic E-state index is 11.7. The second-order valence-corrected chi connectivity index (χ2v) is 4.71. The lowest BCUT2D eigenvalue weighted by Crippen LogP contribution is -2.21. The molecule has 18 heavy (non-hydrogen) atoms. The van der Waals surface area contributed by atoms with E-state index >= 15 is 0 Å². The highest BCUT2D eigenvalue weighted by Gasteiger charge is 2.21. The molecule has 0 bridgehead atoms. The first kappa shape index (κ1) is 13.0. The largest absolute Gasteiger partial charge is 0.462 e. The van der Waals surface area contributed by atoms with Gasteiger partial charge in [-0.15, -0.1) is 0 Å². The van der Waals surface area contributed by atoms with E-state index in [9.17, 15) is 4.79 Å². The van der Waals surface area contributed by atoms with Crippen LogP contribution in [0.2, 0.25) is 0 Å². The molecule has 0 unspecified atom stereocenters. The standard InChI is InChI=1S/C14H19NO3/c1-11(8-12-4-2-6-15-10-12)18-14(16)9-13-5-3-7-17-13/h2,4,6,10-11,13H,3,5,7-9H2,1H3/t11-,13-/m1/s1. The molecule has 0 amide bonds. The summed E-state index contributed by atoms with van der Waals surface area (Å²) >= 11 is 0. The Bertz CT molecular complexity index is 374. The molecule has 1 aromatic rings. The van der Waals surface area contributed by atoms with Crippen LogP contribution in [0.15, 0.2) is 24.5 Å². The minimum absolute atomic E-state index is 0.0584. The average Bonchev–Trinajstić information content (AvgIpc) is 2.82. The van der Waals surface area contributed by atoms with Gasteiger partial charge in [0.2, 0.25) is 0 Å². The third kappa shape index (κ3) is 4.11. The van der Waals surface area contributed by atoms with Gasteiger partial charge in [-0.1, -0.05) is 6.07 Å². The fourth-order valence-corrected chi connectivity index (χ4v) is 2.16. The number of esters is 1. The maximum atomic E-state index is 11.7. The molecule has 0 spiro atoms. The van der Waals surface area contributed by atoms with Crippen LogP contribution < -0.4 is 0 Å². The summed E-state index contributed by atoms with van der Waals surface area (Å²) in [5.74, 6) is -0.168. The zero-order chi connectivity index (χ0) is 12.8. The van der Waals surface area contributed by atoms with Gasteiger partial charge in [0.05, 0.1) is 12.5 Å². The van der Waals surface area contributed by atoms with Crippen molar-refractivity contribution in [1.29, 1.82) is 0 Å². The van der Waals surface area contributed by atoms with Crippen molar-refractivity contribution in [2.24, 2.45) is 0 Å². The summed E-state index contributed by atoms with van der Waals surface area (Å²) < 4.78 is 10.8. The number of aromatic nitrogens is 1. The highest BCUT2D eigenvalue weighted by atomic mass is 16.5. The van der Waals surface area contributed by atoms with E-state index in [1.807, 2.05) is 19.1 Å². The van der Waals surface area contributed by atoms with Gasteiger partial charge in [-0.05, 0) is 31.4 Å². The van der Waals surface area contributed by atoms with Crippen LogP contribution in [0.5, 0.6) is 0 Å². The molecular formula is C14H19NO3. The van der Waals surface area contributed by atoms with Crippen molar-refractivity contribution in [2.75, 3.05) is 6.61 Å². The van der Waals surface area contributed by atoms with E-state index in [1.54, 1.807) is 12.4 Å². The molecule has 2 atom stereocenters. The molecule has 0 saturated carbocycles. The quantitative estimate of drug-likeness (QED) is 0.750. The molecular weight excluding hydrogens is 230 g/mol. The first-order chi connectivity index (χ1) is 8.74. The van der Waals surface area contributed by atoms with Crippen LogP contribution in [-0.4, -0.2) is 29.8 Å². The van der Waals surface area contributed by atoms with Gasteiger partial charge < -0.3 is 9.47 Å². The van der Waals surface area contributed by atoms with Crippen molar-refractivity contribution in [3.8, 4) is 0 Å². The highest BCUT2D eigenvalue weighted by molar-refractivity contribution is 5.70. The molecule has 98 valence electrons. The van der Waals surface area contributed by atoms with Crippen molar-refractivity contribution in [3.05, 3.63) is 30.1 Å². The Morgan fingerprint density at radius 3 is 3.22 bits per heavy atom. The fraction of sp³-hybridized carbons (Fsp3) is 0.571. The van der Waals surface area contributed by atoms with Crippen LogP contribution in [0.25, 0.3) is 0 Å².